The Morgan fingerprint density at radius 2 is 1.79 bits per heavy atom. The maximum atomic E-state index is 12.5. The van der Waals surface area contributed by atoms with Gasteiger partial charge in [0.25, 0.3) is 0 Å². The Hall–Kier alpha value is -2.58. The average molecular weight is 272 g/mol. The Labute approximate surface area is 103 Å². The third kappa shape index (κ3) is 2.81. The first kappa shape index (κ1) is 12.9. The van der Waals surface area contributed by atoms with Gasteiger partial charge >= 0.3 is 17.6 Å². The molecule has 19 heavy (non-hydrogen) atoms. The van der Waals surface area contributed by atoms with Gasteiger partial charge in [-0.15, -0.1) is 4.68 Å². The van der Waals surface area contributed by atoms with Crippen molar-refractivity contribution in [1.29, 1.82) is 0 Å². The average Bonchev–Trinajstić information content (AvgIpc) is 2.66. The molecule has 2 rings (SSSR count). The molecule has 0 saturated heterocycles. The van der Waals surface area contributed by atoms with Gasteiger partial charge in [0.2, 0.25) is 0 Å². The highest BCUT2D eigenvalue weighted by Gasteiger charge is 2.30. The number of alkyl halides is 3. The maximum absolute atomic E-state index is 12.5. The number of hydrogen-bond donors (Lipinski definition) is 2. The van der Waals surface area contributed by atoms with E-state index in [4.69, 9.17) is 0 Å². The van der Waals surface area contributed by atoms with E-state index in [2.05, 4.69) is 5.10 Å². The van der Waals surface area contributed by atoms with E-state index in [0.717, 1.165) is 18.3 Å². The van der Waals surface area contributed by atoms with Crippen LogP contribution >= 0.6 is 0 Å². The predicted molar refractivity (Wildman–Crippen MR) is 60.1 cm³/mol. The van der Waals surface area contributed by atoms with Crippen molar-refractivity contribution in [3.8, 4) is 0 Å². The minimum absolute atomic E-state index is 0.113. The standard InChI is InChI=1S/C10H7F3N4O2/c11-10(12,13)7-3-1-2-6(4-7)5-14-17-8(18)15-16-9(17)19/h1-5H,(H,15,18)(H,16,19)/b14-5+. The van der Waals surface area contributed by atoms with Gasteiger partial charge in [-0.25, -0.2) is 19.8 Å². The lowest BCUT2D eigenvalue weighted by atomic mass is 10.1. The molecule has 6 nitrogen and oxygen atoms in total. The summed E-state index contributed by atoms with van der Waals surface area (Å²) in [6, 6.07) is 4.33. The van der Waals surface area contributed by atoms with Crippen molar-refractivity contribution in [2.45, 2.75) is 6.18 Å². The van der Waals surface area contributed by atoms with E-state index in [1.165, 1.54) is 12.1 Å². The van der Waals surface area contributed by atoms with Crippen molar-refractivity contribution in [2.75, 3.05) is 0 Å². The van der Waals surface area contributed by atoms with Crippen LogP contribution in [0.25, 0.3) is 0 Å². The van der Waals surface area contributed by atoms with E-state index < -0.39 is 23.1 Å². The summed E-state index contributed by atoms with van der Waals surface area (Å²) in [5, 5.41) is 7.47. The quantitative estimate of drug-likeness (QED) is 0.791. The number of halogens is 3. The van der Waals surface area contributed by atoms with E-state index in [9.17, 15) is 22.8 Å². The molecule has 0 atom stereocenters. The predicted octanol–water partition coefficient (Wildman–Crippen LogP) is 0.766. The molecule has 0 saturated carbocycles. The van der Waals surface area contributed by atoms with Crippen LogP contribution in [0.3, 0.4) is 0 Å². The van der Waals surface area contributed by atoms with Crippen molar-refractivity contribution in [3.63, 3.8) is 0 Å². The molecule has 0 amide bonds. The summed E-state index contributed by atoms with van der Waals surface area (Å²) in [5.41, 5.74) is -2.35. The Kier molecular flexibility index (Phi) is 3.11. The highest BCUT2D eigenvalue weighted by atomic mass is 19.4. The normalized spacial score (nSPS) is 12.2. The van der Waals surface area contributed by atoms with E-state index in [1.807, 2.05) is 10.2 Å². The molecule has 2 aromatic rings. The molecule has 1 heterocycles. The highest BCUT2D eigenvalue weighted by molar-refractivity contribution is 5.79. The third-order valence-corrected chi connectivity index (χ3v) is 2.20. The summed E-state index contributed by atoms with van der Waals surface area (Å²) in [4.78, 5) is 22.1. The fraction of sp³-hybridized carbons (Fsp3) is 0.100. The fourth-order valence-electron chi connectivity index (χ4n) is 1.33. The second-order valence-electron chi connectivity index (χ2n) is 3.54. The van der Waals surface area contributed by atoms with Crippen molar-refractivity contribution < 1.29 is 13.2 Å². The highest BCUT2D eigenvalue weighted by Crippen LogP contribution is 2.29. The van der Waals surface area contributed by atoms with Gasteiger partial charge in [-0.2, -0.15) is 18.3 Å². The molecular weight excluding hydrogens is 265 g/mol. The zero-order valence-corrected chi connectivity index (χ0v) is 9.23. The zero-order valence-electron chi connectivity index (χ0n) is 9.23. The van der Waals surface area contributed by atoms with Gasteiger partial charge in [-0.05, 0) is 17.7 Å². The second kappa shape index (κ2) is 4.59. The Bertz CT molecular complexity index is 696. The monoisotopic (exact) mass is 272 g/mol. The lowest BCUT2D eigenvalue weighted by Gasteiger charge is -2.06. The third-order valence-electron chi connectivity index (χ3n) is 2.20. The van der Waals surface area contributed by atoms with Crippen molar-refractivity contribution in [3.05, 3.63) is 56.4 Å². The first-order chi connectivity index (χ1) is 8.88. The van der Waals surface area contributed by atoms with Crippen LogP contribution in [0.2, 0.25) is 0 Å². The van der Waals surface area contributed by atoms with Gasteiger partial charge in [0.15, 0.2) is 0 Å². The van der Waals surface area contributed by atoms with Crippen LogP contribution in [-0.2, 0) is 6.18 Å². The summed E-state index contributed by atoms with van der Waals surface area (Å²) in [7, 11) is 0. The molecule has 100 valence electrons. The summed E-state index contributed by atoms with van der Waals surface area (Å²) in [6.07, 6.45) is -3.48. The molecule has 0 fully saturated rings. The van der Waals surface area contributed by atoms with Gasteiger partial charge in [0.1, 0.15) is 0 Å². The molecule has 0 aliphatic heterocycles. The molecular formula is C10H7F3N4O2. The molecule has 2 N–H and O–H groups in total. The Balaban J connectivity index is 2.35. The first-order valence-corrected chi connectivity index (χ1v) is 4.99. The van der Waals surface area contributed by atoms with Gasteiger partial charge in [-0.1, -0.05) is 12.1 Å². The number of hydrogen-bond acceptors (Lipinski definition) is 3. The van der Waals surface area contributed by atoms with Crippen LogP contribution in [0.15, 0.2) is 39.0 Å². The minimum atomic E-state index is -4.47. The van der Waals surface area contributed by atoms with Crippen LogP contribution < -0.4 is 11.4 Å². The second-order valence-corrected chi connectivity index (χ2v) is 3.54. The fourth-order valence-corrected chi connectivity index (χ4v) is 1.33. The smallest absolute Gasteiger partial charge is 0.246 e. The molecule has 9 heteroatoms. The largest absolute Gasteiger partial charge is 0.416 e. The maximum Gasteiger partial charge on any atom is 0.416 e. The van der Waals surface area contributed by atoms with Crippen molar-refractivity contribution in [1.82, 2.24) is 14.9 Å². The van der Waals surface area contributed by atoms with Gasteiger partial charge in [0.05, 0.1) is 11.8 Å². The van der Waals surface area contributed by atoms with Gasteiger partial charge in [0, 0.05) is 0 Å². The van der Waals surface area contributed by atoms with Crippen LogP contribution in [0.4, 0.5) is 13.2 Å². The van der Waals surface area contributed by atoms with Crippen LogP contribution in [0, 0.1) is 0 Å². The number of nitrogens with one attached hydrogen (secondary N) is 2. The summed E-state index contributed by atoms with van der Waals surface area (Å²) >= 11 is 0. The van der Waals surface area contributed by atoms with Crippen LogP contribution in [0.5, 0.6) is 0 Å². The van der Waals surface area contributed by atoms with Crippen LogP contribution in [0.1, 0.15) is 11.1 Å². The summed E-state index contributed by atoms with van der Waals surface area (Å²) in [5.74, 6) is 0. The number of rotatable bonds is 2. The number of aromatic amines is 2. The Morgan fingerprint density at radius 3 is 2.37 bits per heavy atom. The minimum Gasteiger partial charge on any atom is -0.246 e. The van der Waals surface area contributed by atoms with E-state index in [-0.39, 0.29) is 5.56 Å². The molecule has 1 aromatic heterocycles. The van der Waals surface area contributed by atoms with E-state index in [1.54, 1.807) is 0 Å². The van der Waals surface area contributed by atoms with Crippen LogP contribution in [-0.4, -0.2) is 21.1 Å². The van der Waals surface area contributed by atoms with Crippen molar-refractivity contribution in [2.24, 2.45) is 5.10 Å². The molecule has 0 radical (unpaired) electrons. The molecule has 0 aliphatic carbocycles. The Morgan fingerprint density at radius 1 is 1.16 bits per heavy atom. The molecule has 0 aliphatic rings. The molecule has 0 unspecified atom stereocenters. The molecule has 0 bridgehead atoms. The lowest BCUT2D eigenvalue weighted by molar-refractivity contribution is -0.137. The van der Waals surface area contributed by atoms with E-state index in [0.29, 0.717) is 4.68 Å². The van der Waals surface area contributed by atoms with Gasteiger partial charge < -0.3 is 0 Å². The SMILES string of the molecule is O=c1[nH][nH]c(=O)n1/N=C/c1cccc(C(F)(F)F)c1. The molecule has 0 spiro atoms. The summed E-state index contributed by atoms with van der Waals surface area (Å²) in [6.45, 7) is 0. The summed E-state index contributed by atoms with van der Waals surface area (Å²) < 4.78 is 37.8. The lowest BCUT2D eigenvalue weighted by Crippen LogP contribution is -2.22. The topological polar surface area (TPSA) is 83.0 Å². The van der Waals surface area contributed by atoms with Gasteiger partial charge in [-0.3, -0.25) is 0 Å². The first-order valence-electron chi connectivity index (χ1n) is 4.99. The van der Waals surface area contributed by atoms with Crippen molar-refractivity contribution >= 4 is 6.21 Å². The number of benzene rings is 1. The number of H-pyrrole nitrogens is 2. The zero-order chi connectivity index (χ0) is 14.0. The van der Waals surface area contributed by atoms with E-state index >= 15 is 0 Å². The molecule has 1 aromatic carbocycles. The number of aromatic nitrogens is 3. The number of nitrogens with zero attached hydrogens (tertiary/aromatic N) is 2.